The molecule has 184 valence electrons. The van der Waals surface area contributed by atoms with E-state index < -0.39 is 21.9 Å². The van der Waals surface area contributed by atoms with E-state index in [9.17, 15) is 18.0 Å². The van der Waals surface area contributed by atoms with Crippen molar-refractivity contribution in [1.29, 1.82) is 0 Å². The van der Waals surface area contributed by atoms with Gasteiger partial charge in [0, 0.05) is 18.7 Å². The summed E-state index contributed by atoms with van der Waals surface area (Å²) in [5, 5.41) is 3.07. The Morgan fingerprint density at radius 2 is 1.86 bits per heavy atom. The van der Waals surface area contributed by atoms with Gasteiger partial charge in [-0.05, 0) is 38.8 Å². The molecule has 0 spiro atoms. The van der Waals surface area contributed by atoms with Crippen molar-refractivity contribution in [2.45, 2.75) is 31.6 Å². The zero-order valence-electron chi connectivity index (χ0n) is 19.6. The van der Waals surface area contributed by atoms with Gasteiger partial charge in [-0.1, -0.05) is 59.4 Å². The van der Waals surface area contributed by atoms with E-state index in [1.807, 2.05) is 37.3 Å². The fourth-order valence-corrected chi connectivity index (χ4v) is 6.35. The Kier molecular flexibility index (Phi) is 7.63. The molecular formula is C25H27N3O5S2. The van der Waals surface area contributed by atoms with Gasteiger partial charge in [0.2, 0.25) is 15.9 Å². The monoisotopic (exact) mass is 513 g/mol. The third-order valence-corrected chi connectivity index (χ3v) is 8.61. The summed E-state index contributed by atoms with van der Waals surface area (Å²) in [5.41, 5.74) is 2.15. The molecule has 1 aliphatic heterocycles. The smallest absolute Gasteiger partial charge is 0.350 e. The molecule has 1 atom stereocenters. The van der Waals surface area contributed by atoms with Gasteiger partial charge in [-0.2, -0.15) is 4.31 Å². The molecule has 8 nitrogen and oxygen atoms in total. The number of piperidine rings is 1. The first-order valence-corrected chi connectivity index (χ1v) is 13.7. The van der Waals surface area contributed by atoms with Gasteiger partial charge in [0.05, 0.1) is 23.1 Å². The van der Waals surface area contributed by atoms with Crippen LogP contribution in [-0.2, 0) is 19.6 Å². The fraction of sp³-hybridized carbons (Fsp3) is 0.320. The molecule has 1 aromatic heterocycles. The number of nitrogens with one attached hydrogen (secondary N) is 1. The summed E-state index contributed by atoms with van der Waals surface area (Å²) < 4.78 is 32.7. The lowest BCUT2D eigenvalue weighted by Gasteiger charge is -2.31. The second kappa shape index (κ2) is 10.7. The van der Waals surface area contributed by atoms with Crippen molar-refractivity contribution in [2.75, 3.05) is 25.0 Å². The molecule has 0 bridgehead atoms. The van der Waals surface area contributed by atoms with Crippen LogP contribution in [0.1, 0.15) is 35.0 Å². The predicted molar refractivity (Wildman–Crippen MR) is 135 cm³/mol. The summed E-state index contributed by atoms with van der Waals surface area (Å²) in [6, 6.07) is 15.9. The van der Waals surface area contributed by atoms with Gasteiger partial charge in [-0.25, -0.2) is 18.2 Å². The van der Waals surface area contributed by atoms with E-state index >= 15 is 0 Å². The minimum absolute atomic E-state index is 0.0870. The molecule has 2 heterocycles. The Morgan fingerprint density at radius 1 is 1.14 bits per heavy atom. The summed E-state index contributed by atoms with van der Waals surface area (Å²) >= 11 is 1.05. The number of hydrogen-bond acceptors (Lipinski definition) is 7. The molecule has 0 saturated carbocycles. The third-order valence-electron chi connectivity index (χ3n) is 5.78. The fourth-order valence-electron chi connectivity index (χ4n) is 3.94. The van der Waals surface area contributed by atoms with Crippen LogP contribution in [0.3, 0.4) is 0 Å². The van der Waals surface area contributed by atoms with Gasteiger partial charge in [0.25, 0.3) is 0 Å². The number of rotatable bonds is 7. The summed E-state index contributed by atoms with van der Waals surface area (Å²) in [7, 11) is -3.70. The first kappa shape index (κ1) is 25.0. The maximum absolute atomic E-state index is 13.1. The number of carbonyl (C=O) groups excluding carboxylic acids is 2. The van der Waals surface area contributed by atoms with Crippen LogP contribution in [0, 0.1) is 12.8 Å². The number of benzene rings is 2. The van der Waals surface area contributed by atoms with Crippen LogP contribution in [0.2, 0.25) is 0 Å². The number of carbonyl (C=O) groups is 2. The number of anilines is 1. The number of sulfonamides is 1. The van der Waals surface area contributed by atoms with E-state index in [4.69, 9.17) is 4.74 Å². The number of aromatic nitrogens is 1. The number of ether oxygens (including phenoxy) is 1. The number of thiazole rings is 1. The molecule has 1 unspecified atom stereocenters. The van der Waals surface area contributed by atoms with Crippen LogP contribution in [-0.4, -0.2) is 49.3 Å². The quantitative estimate of drug-likeness (QED) is 0.471. The Labute approximate surface area is 209 Å². The predicted octanol–water partition coefficient (Wildman–Crippen LogP) is 4.33. The van der Waals surface area contributed by atoms with E-state index in [1.165, 1.54) is 4.31 Å². The topological polar surface area (TPSA) is 106 Å². The molecular weight excluding hydrogens is 486 g/mol. The highest BCUT2D eigenvalue weighted by Gasteiger charge is 2.34. The summed E-state index contributed by atoms with van der Waals surface area (Å²) in [6.07, 6.45) is 1.14. The first-order chi connectivity index (χ1) is 16.8. The second-order valence-electron chi connectivity index (χ2n) is 8.29. The number of amides is 1. The average Bonchev–Trinajstić information content (AvgIpc) is 3.29. The molecule has 1 N–H and O–H groups in total. The lowest BCUT2D eigenvalue weighted by Crippen LogP contribution is -2.43. The molecule has 3 aromatic rings. The van der Waals surface area contributed by atoms with Crippen molar-refractivity contribution in [3.63, 3.8) is 0 Å². The Balaban J connectivity index is 1.52. The van der Waals surface area contributed by atoms with E-state index in [-0.39, 0.29) is 29.1 Å². The zero-order valence-corrected chi connectivity index (χ0v) is 21.2. The van der Waals surface area contributed by atoms with Crippen molar-refractivity contribution >= 4 is 38.4 Å². The van der Waals surface area contributed by atoms with E-state index in [0.29, 0.717) is 30.0 Å². The first-order valence-electron chi connectivity index (χ1n) is 11.4. The van der Waals surface area contributed by atoms with Crippen LogP contribution in [0.25, 0.3) is 11.3 Å². The normalized spacial score (nSPS) is 16.6. The van der Waals surface area contributed by atoms with Crippen molar-refractivity contribution in [3.8, 4) is 11.3 Å². The Morgan fingerprint density at radius 3 is 2.54 bits per heavy atom. The third kappa shape index (κ3) is 5.61. The van der Waals surface area contributed by atoms with Gasteiger partial charge >= 0.3 is 5.97 Å². The lowest BCUT2D eigenvalue weighted by molar-refractivity contribution is -0.120. The van der Waals surface area contributed by atoms with Crippen LogP contribution < -0.4 is 5.32 Å². The zero-order chi connectivity index (χ0) is 25.0. The maximum atomic E-state index is 13.1. The lowest BCUT2D eigenvalue weighted by atomic mass is 9.99. The SMILES string of the molecule is CCOC(=O)c1sc(NC(=O)C2CCCN(S(=O)(=O)c3ccc(C)cc3)C2)nc1-c1ccccc1. The van der Waals surface area contributed by atoms with E-state index in [2.05, 4.69) is 10.3 Å². The molecule has 1 amide bonds. The largest absolute Gasteiger partial charge is 0.462 e. The Bertz CT molecular complexity index is 1300. The standard InChI is InChI=1S/C25H27N3O5S2/c1-3-33-24(30)22-21(18-8-5-4-6-9-18)26-25(34-22)27-23(29)19-10-7-15-28(16-19)35(31,32)20-13-11-17(2)12-14-20/h4-6,8-9,11-14,19H,3,7,10,15-16H2,1-2H3,(H,26,27,29). The number of aryl methyl sites for hydroxylation is 1. The number of nitrogens with zero attached hydrogens (tertiary/aromatic N) is 2. The molecule has 2 aromatic carbocycles. The maximum Gasteiger partial charge on any atom is 0.350 e. The molecule has 1 aliphatic rings. The second-order valence-corrected chi connectivity index (χ2v) is 11.2. The molecule has 0 radical (unpaired) electrons. The molecule has 4 rings (SSSR count). The van der Waals surface area contributed by atoms with E-state index in [1.54, 1.807) is 31.2 Å². The minimum Gasteiger partial charge on any atom is -0.462 e. The average molecular weight is 514 g/mol. The molecule has 1 saturated heterocycles. The van der Waals surface area contributed by atoms with Gasteiger partial charge < -0.3 is 10.1 Å². The van der Waals surface area contributed by atoms with Crippen molar-refractivity contribution in [1.82, 2.24) is 9.29 Å². The van der Waals surface area contributed by atoms with Crippen molar-refractivity contribution < 1.29 is 22.7 Å². The van der Waals surface area contributed by atoms with Crippen molar-refractivity contribution in [3.05, 3.63) is 65.0 Å². The molecule has 0 aliphatic carbocycles. The Hall–Kier alpha value is -3.08. The van der Waals surface area contributed by atoms with Gasteiger partial charge in [-0.15, -0.1) is 0 Å². The summed E-state index contributed by atoms with van der Waals surface area (Å²) in [6.45, 7) is 4.29. The van der Waals surface area contributed by atoms with Crippen LogP contribution in [0.15, 0.2) is 59.5 Å². The van der Waals surface area contributed by atoms with Crippen LogP contribution in [0.5, 0.6) is 0 Å². The van der Waals surface area contributed by atoms with Gasteiger partial charge in [0.1, 0.15) is 4.88 Å². The highest BCUT2D eigenvalue weighted by atomic mass is 32.2. The minimum atomic E-state index is -3.70. The highest BCUT2D eigenvalue weighted by Crippen LogP contribution is 2.33. The number of hydrogen-bond donors (Lipinski definition) is 1. The van der Waals surface area contributed by atoms with Crippen LogP contribution >= 0.6 is 11.3 Å². The highest BCUT2D eigenvalue weighted by molar-refractivity contribution is 7.89. The van der Waals surface area contributed by atoms with Gasteiger partial charge in [-0.3, -0.25) is 4.79 Å². The molecule has 10 heteroatoms. The van der Waals surface area contributed by atoms with Gasteiger partial charge in [0.15, 0.2) is 5.13 Å². The van der Waals surface area contributed by atoms with Crippen molar-refractivity contribution in [2.24, 2.45) is 5.92 Å². The summed E-state index contributed by atoms with van der Waals surface area (Å²) in [4.78, 5) is 30.6. The van der Waals surface area contributed by atoms with Crippen LogP contribution in [0.4, 0.5) is 5.13 Å². The molecule has 1 fully saturated rings. The summed E-state index contributed by atoms with van der Waals surface area (Å²) in [5.74, 6) is -1.35. The molecule has 35 heavy (non-hydrogen) atoms. The number of esters is 1. The van der Waals surface area contributed by atoms with E-state index in [0.717, 1.165) is 22.5 Å².